The van der Waals surface area contributed by atoms with E-state index in [9.17, 15) is 0 Å². The van der Waals surface area contributed by atoms with E-state index in [4.69, 9.17) is 15.2 Å². The van der Waals surface area contributed by atoms with E-state index in [1.165, 1.54) is 0 Å². The Kier molecular flexibility index (Phi) is 4.15. The van der Waals surface area contributed by atoms with Crippen molar-refractivity contribution in [1.82, 2.24) is 4.98 Å². The number of pyridine rings is 1. The maximum absolute atomic E-state index is 5.63. The maximum atomic E-state index is 5.63. The predicted molar refractivity (Wildman–Crippen MR) is 70.1 cm³/mol. The van der Waals surface area contributed by atoms with E-state index in [0.29, 0.717) is 18.2 Å². The minimum atomic E-state index is 0.559. The Hall–Kier alpha value is -2.07. The third-order valence-corrected chi connectivity index (χ3v) is 2.49. The highest BCUT2D eigenvalue weighted by Gasteiger charge is 2.00. The summed E-state index contributed by atoms with van der Waals surface area (Å²) in [5.41, 5.74) is 6.59. The van der Waals surface area contributed by atoms with Gasteiger partial charge >= 0.3 is 0 Å². The topological polar surface area (TPSA) is 57.4 Å². The highest BCUT2D eigenvalue weighted by molar-refractivity contribution is 5.35. The number of nitrogens with zero attached hydrogens (tertiary/aromatic N) is 1. The lowest BCUT2D eigenvalue weighted by molar-refractivity contribution is 0.407. The average molecular weight is 244 g/mol. The molecule has 1 aromatic carbocycles. The van der Waals surface area contributed by atoms with E-state index >= 15 is 0 Å². The normalized spacial score (nSPS) is 10.1. The van der Waals surface area contributed by atoms with E-state index in [1.54, 1.807) is 13.3 Å². The molecule has 2 rings (SSSR count). The number of nitrogens with two attached hydrogens (primary N) is 1. The first kappa shape index (κ1) is 12.4. The molecular formula is C14H16N2O2. The molecule has 2 aromatic rings. The smallest absolute Gasteiger partial charge is 0.219 e. The van der Waals surface area contributed by atoms with Gasteiger partial charge in [0.1, 0.15) is 11.5 Å². The van der Waals surface area contributed by atoms with Gasteiger partial charge in [-0.05, 0) is 30.7 Å². The van der Waals surface area contributed by atoms with Gasteiger partial charge in [0.2, 0.25) is 5.88 Å². The average Bonchev–Trinajstić information content (AvgIpc) is 2.42. The van der Waals surface area contributed by atoms with E-state index < -0.39 is 0 Å². The number of hydrogen-bond donors (Lipinski definition) is 1. The van der Waals surface area contributed by atoms with Gasteiger partial charge in [0.25, 0.3) is 0 Å². The quantitative estimate of drug-likeness (QED) is 0.877. The molecule has 0 saturated carbocycles. The molecule has 0 spiro atoms. The summed E-state index contributed by atoms with van der Waals surface area (Å²) in [7, 11) is 1.62. The standard InChI is InChI=1S/C14H16N2O2/c1-17-12-3-2-4-13(9-12)18-14-6-5-11(7-8-15)10-16-14/h2-6,9-10H,7-8,15H2,1H3. The second kappa shape index (κ2) is 6.02. The van der Waals surface area contributed by atoms with Crippen molar-refractivity contribution in [1.29, 1.82) is 0 Å². The molecule has 0 aliphatic carbocycles. The van der Waals surface area contributed by atoms with Crippen molar-refractivity contribution in [3.63, 3.8) is 0 Å². The molecule has 0 atom stereocenters. The van der Waals surface area contributed by atoms with Crippen LogP contribution in [-0.2, 0) is 6.42 Å². The van der Waals surface area contributed by atoms with E-state index in [0.717, 1.165) is 17.7 Å². The van der Waals surface area contributed by atoms with Gasteiger partial charge in [0.05, 0.1) is 7.11 Å². The lowest BCUT2D eigenvalue weighted by Gasteiger charge is -2.06. The fraction of sp³-hybridized carbons (Fsp3) is 0.214. The van der Waals surface area contributed by atoms with Crippen LogP contribution in [0.2, 0.25) is 0 Å². The minimum absolute atomic E-state index is 0.559. The summed E-state index contributed by atoms with van der Waals surface area (Å²) < 4.78 is 10.8. The second-order valence-electron chi connectivity index (χ2n) is 3.82. The zero-order valence-electron chi connectivity index (χ0n) is 10.3. The zero-order chi connectivity index (χ0) is 12.8. The van der Waals surface area contributed by atoms with Gasteiger partial charge in [-0.15, -0.1) is 0 Å². The van der Waals surface area contributed by atoms with Crippen LogP contribution in [0.3, 0.4) is 0 Å². The summed E-state index contributed by atoms with van der Waals surface area (Å²) in [6, 6.07) is 11.2. The van der Waals surface area contributed by atoms with Crippen LogP contribution >= 0.6 is 0 Å². The Bertz CT molecular complexity index is 497. The summed E-state index contributed by atoms with van der Waals surface area (Å²) in [5, 5.41) is 0. The highest BCUT2D eigenvalue weighted by Crippen LogP contribution is 2.23. The predicted octanol–water partition coefficient (Wildman–Crippen LogP) is 2.38. The maximum Gasteiger partial charge on any atom is 0.219 e. The van der Waals surface area contributed by atoms with E-state index in [1.807, 2.05) is 36.4 Å². The Labute approximate surface area is 106 Å². The lowest BCUT2D eigenvalue weighted by Crippen LogP contribution is -2.02. The Balaban J connectivity index is 2.08. The number of ether oxygens (including phenoxy) is 2. The Morgan fingerprint density at radius 3 is 2.67 bits per heavy atom. The van der Waals surface area contributed by atoms with Gasteiger partial charge in [-0.1, -0.05) is 12.1 Å². The van der Waals surface area contributed by atoms with Gasteiger partial charge in [-0.25, -0.2) is 4.98 Å². The first-order chi connectivity index (χ1) is 8.81. The number of methoxy groups -OCH3 is 1. The molecular weight excluding hydrogens is 228 g/mol. The second-order valence-corrected chi connectivity index (χ2v) is 3.82. The molecule has 0 amide bonds. The molecule has 1 aromatic heterocycles. The van der Waals surface area contributed by atoms with Crippen LogP contribution in [0.15, 0.2) is 42.6 Å². The SMILES string of the molecule is COc1cccc(Oc2ccc(CCN)cn2)c1. The zero-order valence-corrected chi connectivity index (χ0v) is 10.3. The molecule has 0 saturated heterocycles. The van der Waals surface area contributed by atoms with Crippen LogP contribution in [0.5, 0.6) is 17.4 Å². The van der Waals surface area contributed by atoms with Crippen LogP contribution < -0.4 is 15.2 Å². The minimum Gasteiger partial charge on any atom is -0.497 e. The van der Waals surface area contributed by atoms with Crippen LogP contribution in [-0.4, -0.2) is 18.6 Å². The molecule has 0 unspecified atom stereocenters. The fourth-order valence-corrected chi connectivity index (χ4v) is 1.57. The first-order valence-electron chi connectivity index (χ1n) is 5.78. The van der Waals surface area contributed by atoms with Crippen molar-refractivity contribution < 1.29 is 9.47 Å². The molecule has 0 aliphatic rings. The van der Waals surface area contributed by atoms with Gasteiger partial charge in [-0.3, -0.25) is 0 Å². The molecule has 18 heavy (non-hydrogen) atoms. The number of benzene rings is 1. The molecule has 94 valence electrons. The lowest BCUT2D eigenvalue weighted by atomic mass is 10.2. The van der Waals surface area contributed by atoms with E-state index in [-0.39, 0.29) is 0 Å². The molecule has 2 N–H and O–H groups in total. The molecule has 4 nitrogen and oxygen atoms in total. The number of aromatic nitrogens is 1. The number of hydrogen-bond acceptors (Lipinski definition) is 4. The van der Waals surface area contributed by atoms with Crippen LogP contribution in [0, 0.1) is 0 Å². The number of rotatable bonds is 5. The van der Waals surface area contributed by atoms with Crippen molar-refractivity contribution >= 4 is 0 Å². The van der Waals surface area contributed by atoms with Gasteiger partial charge in [-0.2, -0.15) is 0 Å². The summed E-state index contributed by atoms with van der Waals surface area (Å²) in [6.45, 7) is 0.623. The van der Waals surface area contributed by atoms with Gasteiger partial charge < -0.3 is 15.2 Å². The van der Waals surface area contributed by atoms with E-state index in [2.05, 4.69) is 4.98 Å². The van der Waals surface area contributed by atoms with Crippen molar-refractivity contribution in [2.24, 2.45) is 5.73 Å². The molecule has 0 radical (unpaired) electrons. The van der Waals surface area contributed by atoms with Crippen molar-refractivity contribution in [3.8, 4) is 17.4 Å². The van der Waals surface area contributed by atoms with Crippen LogP contribution in [0.25, 0.3) is 0 Å². The summed E-state index contributed by atoms with van der Waals surface area (Å²) in [5.74, 6) is 2.02. The largest absolute Gasteiger partial charge is 0.497 e. The summed E-state index contributed by atoms with van der Waals surface area (Å²) in [4.78, 5) is 4.23. The molecule has 1 heterocycles. The van der Waals surface area contributed by atoms with Crippen molar-refractivity contribution in [2.75, 3.05) is 13.7 Å². The van der Waals surface area contributed by atoms with Crippen molar-refractivity contribution in [3.05, 3.63) is 48.2 Å². The van der Waals surface area contributed by atoms with Gasteiger partial charge in [0, 0.05) is 18.3 Å². The molecule has 4 heteroatoms. The third kappa shape index (κ3) is 3.21. The summed E-state index contributed by atoms with van der Waals surface area (Å²) in [6.07, 6.45) is 2.61. The molecule has 0 bridgehead atoms. The Morgan fingerprint density at radius 2 is 2.00 bits per heavy atom. The molecule has 0 fully saturated rings. The highest BCUT2D eigenvalue weighted by atomic mass is 16.5. The van der Waals surface area contributed by atoms with Gasteiger partial charge in [0.15, 0.2) is 0 Å². The monoisotopic (exact) mass is 244 g/mol. The third-order valence-electron chi connectivity index (χ3n) is 2.49. The van der Waals surface area contributed by atoms with Crippen LogP contribution in [0.1, 0.15) is 5.56 Å². The van der Waals surface area contributed by atoms with Crippen LogP contribution in [0.4, 0.5) is 0 Å². The molecule has 0 aliphatic heterocycles. The fourth-order valence-electron chi connectivity index (χ4n) is 1.57. The van der Waals surface area contributed by atoms with Crippen molar-refractivity contribution in [2.45, 2.75) is 6.42 Å². The first-order valence-corrected chi connectivity index (χ1v) is 5.78. The summed E-state index contributed by atoms with van der Waals surface area (Å²) >= 11 is 0. The Morgan fingerprint density at radius 1 is 1.17 bits per heavy atom.